The number of hydrogen-bond donors (Lipinski definition) is 0. The van der Waals surface area contributed by atoms with E-state index < -0.39 is 0 Å². The van der Waals surface area contributed by atoms with Crippen LogP contribution in [-0.2, 0) is 9.53 Å². The van der Waals surface area contributed by atoms with Gasteiger partial charge in [-0.3, -0.25) is 4.79 Å². The van der Waals surface area contributed by atoms with Crippen LogP contribution in [-0.4, -0.2) is 34.5 Å². The van der Waals surface area contributed by atoms with Gasteiger partial charge in [0.05, 0.1) is 6.61 Å². The molecule has 1 heterocycles. The molecule has 0 unspecified atom stereocenters. The minimum atomic E-state index is -0.174. The molecule has 1 aromatic heterocycles. The van der Waals surface area contributed by atoms with Gasteiger partial charge in [-0.1, -0.05) is 0 Å². The van der Waals surface area contributed by atoms with Gasteiger partial charge in [0.25, 0.3) is 0 Å². The van der Waals surface area contributed by atoms with Crippen molar-refractivity contribution in [3.63, 3.8) is 0 Å². The molecule has 2 aliphatic carbocycles. The van der Waals surface area contributed by atoms with Crippen LogP contribution in [0.2, 0.25) is 0 Å². The fourth-order valence-electron chi connectivity index (χ4n) is 1.94. The molecule has 3 rings (SSSR count). The van der Waals surface area contributed by atoms with E-state index in [0.717, 1.165) is 23.8 Å². The predicted molar refractivity (Wildman–Crippen MR) is 68.9 cm³/mol. The minimum Gasteiger partial charge on any atom is -0.465 e. The number of esters is 1. The molecule has 1 aromatic rings. The molecular weight excluding hydrogens is 250 g/mol. The van der Waals surface area contributed by atoms with E-state index in [1.165, 1.54) is 24.4 Å². The normalized spacial score (nSPS) is 18.7. The van der Waals surface area contributed by atoms with Crippen LogP contribution in [0.4, 0.5) is 5.13 Å². The molecule has 0 bridgehead atoms. The minimum absolute atomic E-state index is 0.174. The zero-order valence-electron chi connectivity index (χ0n) is 10.5. The molecule has 0 aliphatic heterocycles. The highest BCUT2D eigenvalue weighted by atomic mass is 32.1. The maximum atomic E-state index is 11.6. The second kappa shape index (κ2) is 4.84. The summed E-state index contributed by atoms with van der Waals surface area (Å²) in [6.07, 6.45) is 4.68. The lowest BCUT2D eigenvalue weighted by Crippen LogP contribution is -2.32. The Morgan fingerprint density at radius 1 is 1.44 bits per heavy atom. The van der Waals surface area contributed by atoms with Crippen molar-refractivity contribution in [3.05, 3.63) is 5.82 Å². The molecule has 98 valence electrons. The van der Waals surface area contributed by atoms with Crippen LogP contribution in [0.25, 0.3) is 0 Å². The van der Waals surface area contributed by atoms with E-state index in [9.17, 15) is 4.79 Å². The molecule has 0 spiro atoms. The number of carbonyl (C=O) groups is 1. The molecule has 6 heteroatoms. The summed E-state index contributed by atoms with van der Waals surface area (Å²) in [6.45, 7) is 2.56. The molecule has 0 N–H and O–H groups in total. The summed E-state index contributed by atoms with van der Waals surface area (Å²) in [5.74, 6) is 1.36. The van der Waals surface area contributed by atoms with Crippen molar-refractivity contribution in [2.24, 2.45) is 0 Å². The first-order chi connectivity index (χ1) is 8.78. The van der Waals surface area contributed by atoms with Crippen molar-refractivity contribution in [3.8, 4) is 0 Å². The second-order valence-electron chi connectivity index (χ2n) is 4.87. The molecular formula is C12H17N3O2S. The van der Waals surface area contributed by atoms with E-state index in [1.807, 2.05) is 6.92 Å². The summed E-state index contributed by atoms with van der Waals surface area (Å²) in [4.78, 5) is 18.2. The first-order valence-electron chi connectivity index (χ1n) is 6.53. The van der Waals surface area contributed by atoms with Gasteiger partial charge in [0, 0.05) is 23.5 Å². The Hall–Kier alpha value is -1.17. The van der Waals surface area contributed by atoms with Crippen molar-refractivity contribution in [2.45, 2.75) is 44.6 Å². The number of carbonyl (C=O) groups excluding carboxylic acids is 1. The van der Waals surface area contributed by atoms with Crippen molar-refractivity contribution in [2.75, 3.05) is 18.1 Å². The summed E-state index contributed by atoms with van der Waals surface area (Å²) < 4.78 is 9.41. The van der Waals surface area contributed by atoms with Crippen molar-refractivity contribution < 1.29 is 9.53 Å². The second-order valence-corrected chi connectivity index (χ2v) is 5.60. The third kappa shape index (κ3) is 2.63. The monoisotopic (exact) mass is 267 g/mol. The average molecular weight is 267 g/mol. The molecule has 0 amide bonds. The van der Waals surface area contributed by atoms with E-state index in [-0.39, 0.29) is 5.97 Å². The topological polar surface area (TPSA) is 55.3 Å². The Labute approximate surface area is 110 Å². The Balaban J connectivity index is 1.69. The number of ether oxygens (including phenoxy) is 1. The highest BCUT2D eigenvalue weighted by molar-refractivity contribution is 7.09. The summed E-state index contributed by atoms with van der Waals surface area (Å²) in [5.41, 5.74) is 0. The third-order valence-corrected chi connectivity index (χ3v) is 3.98. The standard InChI is InChI=1S/C12H17N3O2S/c1-2-17-10(16)7-15(9-5-6-9)12-13-11(14-18-12)8-3-4-8/h8-9H,2-7H2,1H3. The van der Waals surface area contributed by atoms with E-state index in [2.05, 4.69) is 14.3 Å². The largest absolute Gasteiger partial charge is 0.465 e. The van der Waals surface area contributed by atoms with Gasteiger partial charge in [-0.2, -0.15) is 4.37 Å². The molecule has 18 heavy (non-hydrogen) atoms. The maximum absolute atomic E-state index is 11.6. The van der Waals surface area contributed by atoms with E-state index in [4.69, 9.17) is 4.74 Å². The van der Waals surface area contributed by atoms with Gasteiger partial charge in [0.15, 0.2) is 0 Å². The molecule has 2 aliphatic rings. The Kier molecular flexibility index (Phi) is 3.20. The van der Waals surface area contributed by atoms with E-state index >= 15 is 0 Å². The van der Waals surface area contributed by atoms with Crippen molar-refractivity contribution >= 4 is 22.6 Å². The zero-order valence-corrected chi connectivity index (χ0v) is 11.3. The quantitative estimate of drug-likeness (QED) is 0.737. The van der Waals surface area contributed by atoms with Crippen molar-refractivity contribution in [1.29, 1.82) is 0 Å². The number of rotatable bonds is 6. The molecule has 0 saturated heterocycles. The summed E-state index contributed by atoms with van der Waals surface area (Å²) in [5, 5.41) is 0.882. The van der Waals surface area contributed by atoms with Crippen LogP contribution in [0.15, 0.2) is 0 Å². The summed E-state index contributed by atoms with van der Waals surface area (Å²) >= 11 is 1.41. The smallest absolute Gasteiger partial charge is 0.325 e. The highest BCUT2D eigenvalue weighted by Crippen LogP contribution is 2.41. The van der Waals surface area contributed by atoms with Gasteiger partial charge in [0.2, 0.25) is 5.13 Å². The highest BCUT2D eigenvalue weighted by Gasteiger charge is 2.34. The van der Waals surface area contributed by atoms with Gasteiger partial charge in [0.1, 0.15) is 12.4 Å². The van der Waals surface area contributed by atoms with Gasteiger partial charge < -0.3 is 9.64 Å². The predicted octanol–water partition coefficient (Wildman–Crippen LogP) is 1.95. The molecule has 0 atom stereocenters. The van der Waals surface area contributed by atoms with Gasteiger partial charge in [-0.25, -0.2) is 4.98 Å². The van der Waals surface area contributed by atoms with Gasteiger partial charge >= 0.3 is 5.97 Å². The van der Waals surface area contributed by atoms with Gasteiger partial charge in [-0.05, 0) is 32.6 Å². The van der Waals surface area contributed by atoms with Crippen LogP contribution < -0.4 is 4.90 Å². The van der Waals surface area contributed by atoms with Crippen LogP contribution in [0.3, 0.4) is 0 Å². The fraction of sp³-hybridized carbons (Fsp3) is 0.750. The first kappa shape index (κ1) is 11.9. The van der Waals surface area contributed by atoms with E-state index in [0.29, 0.717) is 25.1 Å². The van der Waals surface area contributed by atoms with E-state index in [1.54, 1.807) is 0 Å². The number of hydrogen-bond acceptors (Lipinski definition) is 6. The van der Waals surface area contributed by atoms with Crippen LogP contribution >= 0.6 is 11.5 Å². The lowest BCUT2D eigenvalue weighted by Gasteiger charge is -2.19. The lowest BCUT2D eigenvalue weighted by molar-refractivity contribution is -0.141. The fourth-order valence-corrected chi connectivity index (χ4v) is 2.75. The Morgan fingerprint density at radius 2 is 2.22 bits per heavy atom. The number of anilines is 1. The first-order valence-corrected chi connectivity index (χ1v) is 7.31. The van der Waals surface area contributed by atoms with Crippen molar-refractivity contribution in [1.82, 2.24) is 9.36 Å². The SMILES string of the molecule is CCOC(=O)CN(c1nc(C2CC2)ns1)C1CC1. The number of nitrogens with zero attached hydrogens (tertiary/aromatic N) is 3. The molecule has 0 aromatic carbocycles. The van der Waals surface area contributed by atoms with Crippen LogP contribution in [0, 0.1) is 0 Å². The third-order valence-electron chi connectivity index (χ3n) is 3.21. The maximum Gasteiger partial charge on any atom is 0.325 e. The number of aromatic nitrogens is 2. The average Bonchev–Trinajstić information content (AvgIpc) is 3.25. The Morgan fingerprint density at radius 3 is 2.83 bits per heavy atom. The molecule has 0 radical (unpaired) electrons. The zero-order chi connectivity index (χ0) is 12.5. The van der Waals surface area contributed by atoms with Gasteiger partial charge in [-0.15, -0.1) is 0 Å². The molecule has 5 nitrogen and oxygen atoms in total. The lowest BCUT2D eigenvalue weighted by atomic mass is 10.4. The van der Waals surface area contributed by atoms with Crippen LogP contribution in [0.1, 0.15) is 44.3 Å². The molecule has 2 fully saturated rings. The molecule has 2 saturated carbocycles. The summed E-state index contributed by atoms with van der Waals surface area (Å²) in [7, 11) is 0. The van der Waals surface area contributed by atoms with Crippen LogP contribution in [0.5, 0.6) is 0 Å². The summed E-state index contributed by atoms with van der Waals surface area (Å²) in [6, 6.07) is 0.453. The Bertz CT molecular complexity index is 440.